The minimum absolute atomic E-state index is 0.0513. The Hall–Kier alpha value is -3.88. The van der Waals surface area contributed by atoms with Crippen molar-refractivity contribution in [2.24, 2.45) is 0 Å². The predicted molar refractivity (Wildman–Crippen MR) is 99.9 cm³/mol. The van der Waals surface area contributed by atoms with Crippen LogP contribution in [0.1, 0.15) is 5.56 Å². The van der Waals surface area contributed by atoms with E-state index in [0.717, 1.165) is 17.5 Å². The first-order valence-electron chi connectivity index (χ1n) is 8.44. The highest BCUT2D eigenvalue weighted by atomic mass is 19.4. The van der Waals surface area contributed by atoms with Gasteiger partial charge in [0.15, 0.2) is 0 Å². The molecule has 0 aliphatic heterocycles. The van der Waals surface area contributed by atoms with E-state index >= 15 is 0 Å². The Morgan fingerprint density at radius 1 is 1.07 bits per heavy atom. The molecule has 0 bridgehead atoms. The molecule has 146 valence electrons. The van der Waals surface area contributed by atoms with Gasteiger partial charge in [-0.1, -0.05) is 6.07 Å². The quantitative estimate of drug-likeness (QED) is 0.507. The van der Waals surface area contributed by atoms with Crippen LogP contribution in [0.5, 0.6) is 11.6 Å². The van der Waals surface area contributed by atoms with Crippen LogP contribution in [0.15, 0.2) is 73.3 Å². The summed E-state index contributed by atoms with van der Waals surface area (Å²) in [6.07, 6.45) is -0.0407. The summed E-state index contributed by atoms with van der Waals surface area (Å²) in [6.45, 7) is 0. The van der Waals surface area contributed by atoms with Gasteiger partial charge in [0.2, 0.25) is 5.88 Å². The van der Waals surface area contributed by atoms with Crippen molar-refractivity contribution >= 4 is 22.6 Å². The molecule has 0 spiro atoms. The summed E-state index contributed by atoms with van der Waals surface area (Å²) in [5.74, 6) is 0.897. The largest absolute Gasteiger partial charge is 0.439 e. The summed E-state index contributed by atoms with van der Waals surface area (Å²) < 4.78 is 45.5. The Labute approximate surface area is 162 Å². The molecule has 2 aromatic carbocycles. The average Bonchev–Trinajstić information content (AvgIpc) is 3.12. The molecule has 0 atom stereocenters. The minimum atomic E-state index is -4.49. The van der Waals surface area contributed by atoms with E-state index in [1.54, 1.807) is 36.5 Å². The third-order valence-electron chi connectivity index (χ3n) is 4.10. The summed E-state index contributed by atoms with van der Waals surface area (Å²) >= 11 is 0. The molecule has 0 radical (unpaired) electrons. The summed E-state index contributed by atoms with van der Waals surface area (Å²) in [6, 6.07) is 12.3. The molecule has 4 rings (SSSR count). The van der Waals surface area contributed by atoms with Crippen LogP contribution in [0, 0.1) is 0 Å². The number of hydrogen-bond acceptors (Lipinski definition) is 4. The maximum absolute atomic E-state index is 12.8. The van der Waals surface area contributed by atoms with E-state index in [1.807, 2.05) is 0 Å². The third kappa shape index (κ3) is 4.03. The zero-order chi connectivity index (χ0) is 20.4. The molecule has 1 amide bonds. The molecule has 29 heavy (non-hydrogen) atoms. The lowest BCUT2D eigenvalue weighted by molar-refractivity contribution is -0.137. The van der Waals surface area contributed by atoms with Crippen molar-refractivity contribution in [3.05, 3.63) is 78.9 Å². The van der Waals surface area contributed by atoms with E-state index in [2.05, 4.69) is 15.3 Å². The van der Waals surface area contributed by atoms with Crippen molar-refractivity contribution in [1.29, 1.82) is 0 Å². The number of anilines is 1. The second-order valence-corrected chi connectivity index (χ2v) is 6.06. The van der Waals surface area contributed by atoms with Gasteiger partial charge in [-0.25, -0.2) is 14.8 Å². The van der Waals surface area contributed by atoms with Crippen molar-refractivity contribution in [3.8, 4) is 11.6 Å². The number of carbonyl (C=O) groups excluding carboxylic acids is 1. The second-order valence-electron chi connectivity index (χ2n) is 6.06. The number of alkyl halides is 3. The maximum Gasteiger partial charge on any atom is 0.416 e. The van der Waals surface area contributed by atoms with E-state index in [4.69, 9.17) is 4.74 Å². The number of ether oxygens (including phenoxy) is 1. The topological polar surface area (TPSA) is 69.0 Å². The Balaban J connectivity index is 1.56. The van der Waals surface area contributed by atoms with Crippen molar-refractivity contribution in [3.63, 3.8) is 0 Å². The fourth-order valence-electron chi connectivity index (χ4n) is 2.78. The first-order valence-corrected chi connectivity index (χ1v) is 8.44. The lowest BCUT2D eigenvalue weighted by atomic mass is 10.2. The van der Waals surface area contributed by atoms with Gasteiger partial charge < -0.3 is 10.1 Å². The van der Waals surface area contributed by atoms with Gasteiger partial charge in [0, 0.05) is 29.5 Å². The van der Waals surface area contributed by atoms with Gasteiger partial charge in [-0.2, -0.15) is 13.2 Å². The molecule has 9 heteroatoms. The lowest BCUT2D eigenvalue weighted by Gasteiger charge is -2.11. The zero-order valence-corrected chi connectivity index (χ0v) is 14.7. The third-order valence-corrected chi connectivity index (χ3v) is 4.10. The van der Waals surface area contributed by atoms with Crippen LogP contribution in [0.25, 0.3) is 10.9 Å². The fourth-order valence-corrected chi connectivity index (χ4v) is 2.78. The van der Waals surface area contributed by atoms with Crippen molar-refractivity contribution in [2.75, 3.05) is 5.32 Å². The molecule has 0 unspecified atom stereocenters. The molecule has 0 fully saturated rings. The van der Waals surface area contributed by atoms with Crippen LogP contribution >= 0.6 is 0 Å². The van der Waals surface area contributed by atoms with E-state index in [1.165, 1.54) is 29.2 Å². The van der Waals surface area contributed by atoms with Crippen molar-refractivity contribution in [1.82, 2.24) is 14.5 Å². The van der Waals surface area contributed by atoms with Gasteiger partial charge in [-0.3, -0.25) is 4.57 Å². The van der Waals surface area contributed by atoms with Crippen LogP contribution in [0.4, 0.5) is 23.7 Å². The van der Waals surface area contributed by atoms with Crippen LogP contribution in [0.3, 0.4) is 0 Å². The van der Waals surface area contributed by atoms with Gasteiger partial charge in [0.1, 0.15) is 12.1 Å². The van der Waals surface area contributed by atoms with Crippen LogP contribution in [-0.4, -0.2) is 20.6 Å². The minimum Gasteiger partial charge on any atom is -0.439 e. The number of rotatable bonds is 3. The summed E-state index contributed by atoms with van der Waals surface area (Å²) in [5, 5.41) is 3.20. The molecule has 0 saturated heterocycles. The number of fused-ring (bicyclic) bond motifs is 1. The molecule has 0 aliphatic carbocycles. The first kappa shape index (κ1) is 18.5. The molecule has 6 nitrogen and oxygen atoms in total. The molecule has 1 N–H and O–H groups in total. The maximum atomic E-state index is 12.8. The van der Waals surface area contributed by atoms with Crippen LogP contribution < -0.4 is 10.1 Å². The van der Waals surface area contributed by atoms with Gasteiger partial charge in [0.05, 0.1) is 11.1 Å². The van der Waals surface area contributed by atoms with Gasteiger partial charge in [0.25, 0.3) is 0 Å². The lowest BCUT2D eigenvalue weighted by Crippen LogP contribution is -2.18. The number of benzene rings is 2. The van der Waals surface area contributed by atoms with E-state index in [0.29, 0.717) is 17.1 Å². The second kappa shape index (κ2) is 7.27. The Morgan fingerprint density at radius 2 is 1.93 bits per heavy atom. The predicted octanol–water partition coefficient (Wildman–Crippen LogP) is 5.32. The van der Waals surface area contributed by atoms with Crippen LogP contribution in [-0.2, 0) is 6.18 Å². The van der Waals surface area contributed by atoms with Gasteiger partial charge in [-0.05, 0) is 42.5 Å². The van der Waals surface area contributed by atoms with E-state index in [9.17, 15) is 18.0 Å². The molecule has 0 saturated carbocycles. The van der Waals surface area contributed by atoms with E-state index in [-0.39, 0.29) is 5.69 Å². The highest BCUT2D eigenvalue weighted by Crippen LogP contribution is 2.31. The number of nitrogens with one attached hydrogen (secondary N) is 1. The summed E-state index contributed by atoms with van der Waals surface area (Å²) in [5.41, 5.74) is -0.209. The Bertz CT molecular complexity index is 1170. The first-order chi connectivity index (χ1) is 13.9. The molecular weight excluding hydrogens is 385 g/mol. The average molecular weight is 398 g/mol. The smallest absolute Gasteiger partial charge is 0.416 e. The SMILES string of the molecule is O=C(Nc1cccc(C(F)(F)F)c1)n1ccc2cc(Oc3ccncn3)ccc21. The Morgan fingerprint density at radius 3 is 2.69 bits per heavy atom. The zero-order valence-electron chi connectivity index (χ0n) is 14.7. The molecule has 0 aliphatic rings. The summed E-state index contributed by atoms with van der Waals surface area (Å²) in [7, 11) is 0. The number of aromatic nitrogens is 3. The fraction of sp³-hybridized carbons (Fsp3) is 0.0500. The molecule has 4 aromatic rings. The van der Waals surface area contributed by atoms with Gasteiger partial charge >= 0.3 is 12.2 Å². The summed E-state index contributed by atoms with van der Waals surface area (Å²) in [4.78, 5) is 20.3. The number of hydrogen-bond donors (Lipinski definition) is 1. The molecular formula is C20H13F3N4O2. The standard InChI is InChI=1S/C20H13F3N4O2/c21-20(22,23)14-2-1-3-15(11-14)26-19(28)27-9-7-13-10-16(4-5-17(13)27)29-18-6-8-24-12-25-18/h1-12H,(H,26,28). The van der Waals surface area contributed by atoms with Crippen molar-refractivity contribution in [2.45, 2.75) is 6.18 Å². The normalized spacial score (nSPS) is 11.4. The highest BCUT2D eigenvalue weighted by molar-refractivity contribution is 5.98. The van der Waals surface area contributed by atoms with Gasteiger partial charge in [-0.15, -0.1) is 0 Å². The monoisotopic (exact) mass is 398 g/mol. The van der Waals surface area contributed by atoms with E-state index < -0.39 is 17.8 Å². The highest BCUT2D eigenvalue weighted by Gasteiger charge is 2.30. The van der Waals surface area contributed by atoms with Crippen molar-refractivity contribution < 1.29 is 22.7 Å². The number of halogens is 3. The van der Waals surface area contributed by atoms with Crippen LogP contribution in [0.2, 0.25) is 0 Å². The number of carbonyl (C=O) groups is 1. The Kier molecular flexibility index (Phi) is 4.63. The number of nitrogens with zero attached hydrogens (tertiary/aromatic N) is 3. The number of amides is 1. The molecule has 2 aromatic heterocycles. The molecule has 2 heterocycles.